The maximum absolute atomic E-state index is 3.69. The van der Waals surface area contributed by atoms with Gasteiger partial charge in [0.05, 0.1) is 0 Å². The third kappa shape index (κ3) is 1.19. The van der Waals surface area contributed by atoms with E-state index < -0.39 is 0 Å². The van der Waals surface area contributed by atoms with E-state index in [1.165, 1.54) is 38.6 Å². The van der Waals surface area contributed by atoms with Crippen LogP contribution in [-0.4, -0.2) is 12.1 Å². The fourth-order valence-corrected chi connectivity index (χ4v) is 3.11. The third-order valence-corrected chi connectivity index (χ3v) is 3.93. The van der Waals surface area contributed by atoms with Crippen molar-refractivity contribution in [1.82, 2.24) is 5.32 Å². The molecule has 1 aliphatic heterocycles. The molecule has 1 spiro atoms. The summed E-state index contributed by atoms with van der Waals surface area (Å²) in [4.78, 5) is 0. The number of rotatable bonds is 1. The van der Waals surface area contributed by atoms with Crippen molar-refractivity contribution in [3.05, 3.63) is 0 Å². The largest absolute Gasteiger partial charge is 0.311 e. The molecule has 1 atom stereocenters. The Hall–Kier alpha value is -0.0400. The lowest BCUT2D eigenvalue weighted by Crippen LogP contribution is -2.67. The molecular formula is C11H21N. The van der Waals surface area contributed by atoms with Crippen LogP contribution in [-0.2, 0) is 0 Å². The second-order valence-electron chi connectivity index (χ2n) is 4.95. The van der Waals surface area contributed by atoms with Crippen LogP contribution in [0.4, 0.5) is 0 Å². The summed E-state index contributed by atoms with van der Waals surface area (Å²) in [5, 5.41) is 3.69. The van der Waals surface area contributed by atoms with Crippen LogP contribution >= 0.6 is 0 Å². The molecule has 1 saturated heterocycles. The Kier molecular flexibility index (Phi) is 2.16. The summed E-state index contributed by atoms with van der Waals surface area (Å²) >= 11 is 0. The van der Waals surface area contributed by atoms with Crippen LogP contribution in [0.5, 0.6) is 0 Å². The molecule has 2 aliphatic rings. The van der Waals surface area contributed by atoms with E-state index in [1.54, 1.807) is 0 Å². The first-order valence-corrected chi connectivity index (χ1v) is 5.50. The van der Waals surface area contributed by atoms with Crippen molar-refractivity contribution in [2.24, 2.45) is 11.8 Å². The first-order chi connectivity index (χ1) is 5.75. The number of hydrogen-bond donors (Lipinski definition) is 1. The minimum atomic E-state index is 0.590. The van der Waals surface area contributed by atoms with Gasteiger partial charge >= 0.3 is 0 Å². The Morgan fingerprint density at radius 1 is 1.17 bits per heavy atom. The Labute approximate surface area is 75.9 Å². The van der Waals surface area contributed by atoms with E-state index in [4.69, 9.17) is 0 Å². The van der Waals surface area contributed by atoms with Gasteiger partial charge in [0.2, 0.25) is 0 Å². The fourth-order valence-electron chi connectivity index (χ4n) is 3.11. The van der Waals surface area contributed by atoms with Crippen LogP contribution in [0, 0.1) is 11.8 Å². The van der Waals surface area contributed by atoms with E-state index in [1.807, 2.05) is 0 Å². The minimum Gasteiger partial charge on any atom is -0.311 e. The standard InChI is InChI=1S/C11H21N/c1-9(2)10-8-12-11(10)6-4-3-5-7-11/h9-10,12H,3-8H2,1-2H3/t10-/m0/s1. The summed E-state index contributed by atoms with van der Waals surface area (Å²) in [5.41, 5.74) is 0.590. The summed E-state index contributed by atoms with van der Waals surface area (Å²) < 4.78 is 0. The zero-order valence-electron chi connectivity index (χ0n) is 8.40. The van der Waals surface area contributed by atoms with Gasteiger partial charge < -0.3 is 5.32 Å². The van der Waals surface area contributed by atoms with Gasteiger partial charge in [-0.15, -0.1) is 0 Å². The van der Waals surface area contributed by atoms with Gasteiger partial charge in [0, 0.05) is 12.1 Å². The van der Waals surface area contributed by atoms with Gasteiger partial charge in [-0.2, -0.15) is 0 Å². The molecule has 0 aromatic carbocycles. The molecule has 0 bridgehead atoms. The molecule has 70 valence electrons. The topological polar surface area (TPSA) is 12.0 Å². The van der Waals surface area contributed by atoms with E-state index in [0.29, 0.717) is 5.54 Å². The molecular weight excluding hydrogens is 146 g/mol. The van der Waals surface area contributed by atoms with E-state index in [9.17, 15) is 0 Å². The van der Waals surface area contributed by atoms with Crippen LogP contribution in [0.2, 0.25) is 0 Å². The van der Waals surface area contributed by atoms with Crippen molar-refractivity contribution in [3.8, 4) is 0 Å². The Bertz CT molecular complexity index is 156. The fraction of sp³-hybridized carbons (Fsp3) is 1.00. The van der Waals surface area contributed by atoms with Crippen molar-refractivity contribution in [2.75, 3.05) is 6.54 Å². The van der Waals surface area contributed by atoms with Crippen molar-refractivity contribution >= 4 is 0 Å². The molecule has 2 fully saturated rings. The second kappa shape index (κ2) is 3.02. The van der Waals surface area contributed by atoms with Gasteiger partial charge in [0.15, 0.2) is 0 Å². The molecule has 1 heterocycles. The Morgan fingerprint density at radius 3 is 2.25 bits per heavy atom. The molecule has 1 N–H and O–H groups in total. The lowest BCUT2D eigenvalue weighted by Gasteiger charge is -2.55. The molecule has 0 unspecified atom stereocenters. The Morgan fingerprint density at radius 2 is 1.83 bits per heavy atom. The molecule has 0 aromatic rings. The predicted octanol–water partition coefficient (Wildman–Crippen LogP) is 2.56. The predicted molar refractivity (Wildman–Crippen MR) is 52.1 cm³/mol. The van der Waals surface area contributed by atoms with E-state index in [0.717, 1.165) is 11.8 Å². The van der Waals surface area contributed by atoms with Gasteiger partial charge in [-0.25, -0.2) is 0 Å². The quantitative estimate of drug-likeness (QED) is 0.633. The zero-order valence-corrected chi connectivity index (χ0v) is 8.40. The normalized spacial score (nSPS) is 33.8. The average molecular weight is 167 g/mol. The number of hydrogen-bond acceptors (Lipinski definition) is 1. The van der Waals surface area contributed by atoms with Gasteiger partial charge in [0.1, 0.15) is 0 Å². The van der Waals surface area contributed by atoms with Gasteiger partial charge in [-0.05, 0) is 24.7 Å². The van der Waals surface area contributed by atoms with E-state index in [2.05, 4.69) is 19.2 Å². The maximum atomic E-state index is 3.69. The first-order valence-electron chi connectivity index (χ1n) is 5.50. The molecule has 2 rings (SSSR count). The molecule has 1 heteroatoms. The van der Waals surface area contributed by atoms with E-state index >= 15 is 0 Å². The van der Waals surface area contributed by atoms with Crippen LogP contribution in [0.25, 0.3) is 0 Å². The van der Waals surface area contributed by atoms with E-state index in [-0.39, 0.29) is 0 Å². The molecule has 0 radical (unpaired) electrons. The van der Waals surface area contributed by atoms with Gasteiger partial charge in [-0.1, -0.05) is 33.1 Å². The van der Waals surface area contributed by atoms with Crippen LogP contribution in [0.3, 0.4) is 0 Å². The first kappa shape index (κ1) is 8.55. The molecule has 1 saturated carbocycles. The summed E-state index contributed by atoms with van der Waals surface area (Å²) in [7, 11) is 0. The molecule has 12 heavy (non-hydrogen) atoms. The van der Waals surface area contributed by atoms with Crippen LogP contribution < -0.4 is 5.32 Å². The molecule has 0 amide bonds. The average Bonchev–Trinajstić information content (AvgIpc) is 2.03. The van der Waals surface area contributed by atoms with Gasteiger partial charge in [-0.3, -0.25) is 0 Å². The highest BCUT2D eigenvalue weighted by Gasteiger charge is 2.47. The highest BCUT2D eigenvalue weighted by Crippen LogP contribution is 2.42. The summed E-state index contributed by atoms with van der Waals surface area (Å²) in [6.45, 7) is 6.03. The third-order valence-electron chi connectivity index (χ3n) is 3.93. The molecule has 1 nitrogen and oxygen atoms in total. The van der Waals surface area contributed by atoms with Crippen LogP contribution in [0.1, 0.15) is 46.0 Å². The summed E-state index contributed by atoms with van der Waals surface area (Å²) in [5.74, 6) is 1.85. The summed E-state index contributed by atoms with van der Waals surface area (Å²) in [6, 6.07) is 0. The number of nitrogens with one attached hydrogen (secondary N) is 1. The van der Waals surface area contributed by atoms with Crippen molar-refractivity contribution in [3.63, 3.8) is 0 Å². The van der Waals surface area contributed by atoms with Crippen molar-refractivity contribution in [2.45, 2.75) is 51.5 Å². The van der Waals surface area contributed by atoms with Gasteiger partial charge in [0.25, 0.3) is 0 Å². The zero-order chi connectivity index (χ0) is 8.60. The van der Waals surface area contributed by atoms with Crippen molar-refractivity contribution < 1.29 is 0 Å². The SMILES string of the molecule is CC(C)[C@@H]1CNC12CCCCC2. The maximum Gasteiger partial charge on any atom is 0.0224 e. The smallest absolute Gasteiger partial charge is 0.0224 e. The lowest BCUT2D eigenvalue weighted by atomic mass is 9.63. The monoisotopic (exact) mass is 167 g/mol. The summed E-state index contributed by atoms with van der Waals surface area (Å²) in [6.07, 6.45) is 7.26. The molecule has 1 aliphatic carbocycles. The highest BCUT2D eigenvalue weighted by molar-refractivity contribution is 5.05. The Balaban J connectivity index is 2.00. The molecule has 0 aromatic heterocycles. The highest BCUT2D eigenvalue weighted by atomic mass is 15.1. The van der Waals surface area contributed by atoms with Crippen molar-refractivity contribution in [1.29, 1.82) is 0 Å². The van der Waals surface area contributed by atoms with Crippen LogP contribution in [0.15, 0.2) is 0 Å². The second-order valence-corrected chi connectivity index (χ2v) is 4.95. The lowest BCUT2D eigenvalue weighted by molar-refractivity contribution is 0.0257. The minimum absolute atomic E-state index is 0.590.